The Balaban J connectivity index is 1.72. The van der Waals surface area contributed by atoms with E-state index in [0.717, 1.165) is 29.1 Å². The van der Waals surface area contributed by atoms with E-state index in [1.54, 1.807) is 12.0 Å². The van der Waals surface area contributed by atoms with Gasteiger partial charge in [-0.15, -0.1) is 0 Å². The summed E-state index contributed by atoms with van der Waals surface area (Å²) in [6.45, 7) is 6.92. The van der Waals surface area contributed by atoms with Crippen molar-refractivity contribution >= 4 is 23.4 Å². The van der Waals surface area contributed by atoms with Crippen LogP contribution in [-0.4, -0.2) is 59.5 Å². The fraction of sp³-hybridized carbons (Fsp3) is 0.520. The molecule has 6 nitrogen and oxygen atoms in total. The summed E-state index contributed by atoms with van der Waals surface area (Å²) in [5.74, 6) is 0.430. The summed E-state index contributed by atoms with van der Waals surface area (Å²) in [6.07, 6.45) is 3.85. The minimum Gasteiger partial charge on any atom is -0.383 e. The highest BCUT2D eigenvalue weighted by atomic mass is 35.5. The molecule has 1 heterocycles. The van der Waals surface area contributed by atoms with Crippen molar-refractivity contribution in [3.05, 3.63) is 58.9 Å². The standard InChI is InChI=1S/C25H34ClN3O3/c1-19(2)15-29(24(30)18-28(13-14-32-3)25(31)20-10-11-20)17-22-8-6-12-27(22)16-21-7-4-5-9-23(21)26/h4-9,12,19-20H,10-11,13-18H2,1-3H3. The molecule has 0 unspecified atom stereocenters. The van der Waals surface area contributed by atoms with E-state index in [9.17, 15) is 9.59 Å². The predicted octanol–water partition coefficient (Wildman–Crippen LogP) is 4.06. The fourth-order valence-corrected chi connectivity index (χ4v) is 3.96. The molecule has 0 spiro atoms. The number of hydrogen-bond donors (Lipinski definition) is 0. The fourth-order valence-electron chi connectivity index (χ4n) is 3.77. The third kappa shape index (κ3) is 6.84. The van der Waals surface area contributed by atoms with Crippen LogP contribution in [0, 0.1) is 11.8 Å². The number of amides is 2. The average molecular weight is 460 g/mol. The van der Waals surface area contributed by atoms with Crippen molar-refractivity contribution in [2.45, 2.75) is 39.8 Å². The van der Waals surface area contributed by atoms with E-state index in [2.05, 4.69) is 18.4 Å². The topological polar surface area (TPSA) is 54.8 Å². The molecule has 0 radical (unpaired) electrons. The summed E-state index contributed by atoms with van der Waals surface area (Å²) < 4.78 is 7.29. The van der Waals surface area contributed by atoms with Gasteiger partial charge in [-0.1, -0.05) is 43.6 Å². The van der Waals surface area contributed by atoms with Gasteiger partial charge in [0.25, 0.3) is 0 Å². The van der Waals surface area contributed by atoms with E-state index >= 15 is 0 Å². The number of hydrogen-bond acceptors (Lipinski definition) is 3. The van der Waals surface area contributed by atoms with Gasteiger partial charge in [-0.05, 0) is 42.5 Å². The maximum Gasteiger partial charge on any atom is 0.242 e. The van der Waals surface area contributed by atoms with Crippen molar-refractivity contribution < 1.29 is 14.3 Å². The number of methoxy groups -OCH3 is 1. The first-order chi connectivity index (χ1) is 15.4. The second-order valence-electron chi connectivity index (χ2n) is 8.91. The third-order valence-electron chi connectivity index (χ3n) is 5.64. The van der Waals surface area contributed by atoms with Gasteiger partial charge in [0.05, 0.1) is 19.7 Å². The van der Waals surface area contributed by atoms with Crippen LogP contribution in [0.4, 0.5) is 0 Å². The van der Waals surface area contributed by atoms with Crippen LogP contribution in [0.1, 0.15) is 37.9 Å². The van der Waals surface area contributed by atoms with Gasteiger partial charge < -0.3 is 19.1 Å². The molecular formula is C25H34ClN3O3. The number of rotatable bonds is 12. The molecule has 7 heteroatoms. The van der Waals surface area contributed by atoms with E-state index < -0.39 is 0 Å². The van der Waals surface area contributed by atoms with Crippen LogP contribution < -0.4 is 0 Å². The maximum absolute atomic E-state index is 13.3. The molecule has 32 heavy (non-hydrogen) atoms. The molecular weight excluding hydrogens is 426 g/mol. The third-order valence-corrected chi connectivity index (χ3v) is 6.01. The first kappa shape index (κ1) is 24.3. The van der Waals surface area contributed by atoms with Gasteiger partial charge in [-0.2, -0.15) is 0 Å². The first-order valence-electron chi connectivity index (χ1n) is 11.3. The summed E-state index contributed by atoms with van der Waals surface area (Å²) in [5.41, 5.74) is 2.07. The van der Waals surface area contributed by atoms with Crippen LogP contribution in [0.3, 0.4) is 0 Å². The lowest BCUT2D eigenvalue weighted by molar-refractivity contribution is -0.142. The SMILES string of the molecule is COCCN(CC(=O)N(Cc1cccn1Cc1ccccc1Cl)CC(C)C)C(=O)C1CC1. The van der Waals surface area contributed by atoms with E-state index in [1.807, 2.05) is 47.5 Å². The van der Waals surface area contributed by atoms with Gasteiger partial charge in [0, 0.05) is 49.6 Å². The molecule has 1 saturated carbocycles. The van der Waals surface area contributed by atoms with Gasteiger partial charge in [-0.3, -0.25) is 9.59 Å². The maximum atomic E-state index is 13.3. The Morgan fingerprint density at radius 2 is 1.91 bits per heavy atom. The van der Waals surface area contributed by atoms with E-state index in [-0.39, 0.29) is 24.3 Å². The smallest absolute Gasteiger partial charge is 0.242 e. The quantitative estimate of drug-likeness (QED) is 0.481. The molecule has 1 fully saturated rings. The summed E-state index contributed by atoms with van der Waals surface area (Å²) in [7, 11) is 1.61. The number of carbonyl (C=O) groups is 2. The molecule has 0 N–H and O–H groups in total. The van der Waals surface area contributed by atoms with Gasteiger partial charge in [0.15, 0.2) is 0 Å². The number of ether oxygens (including phenoxy) is 1. The molecule has 1 aliphatic carbocycles. The number of aromatic nitrogens is 1. The highest BCUT2D eigenvalue weighted by Crippen LogP contribution is 2.31. The zero-order valence-electron chi connectivity index (χ0n) is 19.3. The van der Waals surface area contributed by atoms with E-state index in [1.165, 1.54) is 0 Å². The number of benzene rings is 1. The minimum atomic E-state index is -0.0331. The van der Waals surface area contributed by atoms with Gasteiger partial charge >= 0.3 is 0 Å². The molecule has 1 aromatic heterocycles. The molecule has 2 aromatic rings. The Morgan fingerprint density at radius 3 is 2.56 bits per heavy atom. The Morgan fingerprint density at radius 1 is 1.16 bits per heavy atom. The van der Waals surface area contributed by atoms with E-state index in [0.29, 0.717) is 38.7 Å². The lowest BCUT2D eigenvalue weighted by Gasteiger charge is -2.29. The van der Waals surface area contributed by atoms with Crippen molar-refractivity contribution in [2.75, 3.05) is 33.4 Å². The Bertz CT molecular complexity index is 907. The van der Waals surface area contributed by atoms with Crippen molar-refractivity contribution in [2.24, 2.45) is 11.8 Å². The second-order valence-corrected chi connectivity index (χ2v) is 9.32. The zero-order valence-corrected chi connectivity index (χ0v) is 20.1. The van der Waals surface area contributed by atoms with Crippen LogP contribution in [0.25, 0.3) is 0 Å². The largest absolute Gasteiger partial charge is 0.383 e. The van der Waals surface area contributed by atoms with Gasteiger partial charge in [-0.25, -0.2) is 0 Å². The predicted molar refractivity (Wildman–Crippen MR) is 126 cm³/mol. The van der Waals surface area contributed by atoms with Crippen molar-refractivity contribution in [1.29, 1.82) is 0 Å². The molecule has 0 aliphatic heterocycles. The highest BCUT2D eigenvalue weighted by molar-refractivity contribution is 6.31. The number of carbonyl (C=O) groups excluding carboxylic acids is 2. The second kappa shape index (κ2) is 11.5. The molecule has 3 rings (SSSR count). The normalized spacial score (nSPS) is 13.4. The number of halogens is 1. The Kier molecular flexibility index (Phi) is 8.76. The Hall–Kier alpha value is -2.31. The molecule has 1 aliphatic rings. The molecule has 0 saturated heterocycles. The summed E-state index contributed by atoms with van der Waals surface area (Å²) >= 11 is 6.35. The molecule has 1 aromatic carbocycles. The van der Waals surface area contributed by atoms with E-state index in [4.69, 9.17) is 16.3 Å². The zero-order chi connectivity index (χ0) is 23.1. The van der Waals surface area contributed by atoms with Crippen LogP contribution in [0.2, 0.25) is 5.02 Å². The molecule has 0 atom stereocenters. The average Bonchev–Trinajstić information content (AvgIpc) is 3.52. The monoisotopic (exact) mass is 459 g/mol. The van der Waals surface area contributed by atoms with Crippen molar-refractivity contribution in [3.8, 4) is 0 Å². The highest BCUT2D eigenvalue weighted by Gasteiger charge is 2.34. The molecule has 0 bridgehead atoms. The Labute approximate surface area is 196 Å². The summed E-state index contributed by atoms with van der Waals surface area (Å²) in [6, 6.07) is 11.8. The lowest BCUT2D eigenvalue weighted by Crippen LogP contribution is -2.45. The lowest BCUT2D eigenvalue weighted by atomic mass is 10.2. The van der Waals surface area contributed by atoms with Crippen molar-refractivity contribution in [1.82, 2.24) is 14.4 Å². The first-order valence-corrected chi connectivity index (χ1v) is 11.7. The van der Waals surface area contributed by atoms with Crippen molar-refractivity contribution in [3.63, 3.8) is 0 Å². The van der Waals surface area contributed by atoms with Crippen LogP contribution in [-0.2, 0) is 27.4 Å². The summed E-state index contributed by atoms with van der Waals surface area (Å²) in [5, 5.41) is 0.731. The van der Waals surface area contributed by atoms with Crippen LogP contribution in [0.15, 0.2) is 42.6 Å². The van der Waals surface area contributed by atoms with Crippen LogP contribution >= 0.6 is 11.6 Å². The molecule has 174 valence electrons. The number of nitrogens with zero attached hydrogens (tertiary/aromatic N) is 3. The molecule has 2 amide bonds. The van der Waals surface area contributed by atoms with Gasteiger partial charge in [0.1, 0.15) is 0 Å². The minimum absolute atomic E-state index is 0.0331. The van der Waals surface area contributed by atoms with Crippen LogP contribution in [0.5, 0.6) is 0 Å². The van der Waals surface area contributed by atoms with Gasteiger partial charge in [0.2, 0.25) is 11.8 Å². The summed E-state index contributed by atoms with van der Waals surface area (Å²) in [4.78, 5) is 29.5.